The molecule has 0 heterocycles. The maximum atomic E-state index is 11.9. The van der Waals surface area contributed by atoms with E-state index < -0.39 is 0 Å². The van der Waals surface area contributed by atoms with Crippen molar-refractivity contribution in [3.8, 4) is 5.75 Å². The third-order valence-electron chi connectivity index (χ3n) is 4.18. The van der Waals surface area contributed by atoms with Crippen molar-refractivity contribution in [2.75, 3.05) is 19.8 Å². The lowest BCUT2D eigenvalue weighted by Crippen LogP contribution is -2.36. The third-order valence-corrected chi connectivity index (χ3v) is 4.18. The van der Waals surface area contributed by atoms with Gasteiger partial charge in [-0.2, -0.15) is 0 Å². The molecular formula is C22H28N2O4. The fraction of sp³-hybridized carbons (Fsp3) is 0.364. The van der Waals surface area contributed by atoms with Gasteiger partial charge in [0.05, 0.1) is 18.8 Å². The Balaban J connectivity index is 1.64. The zero-order chi connectivity index (χ0) is 20.4. The molecule has 0 unspecified atom stereocenters. The molecule has 28 heavy (non-hydrogen) atoms. The normalized spacial score (nSPS) is 10.2. The van der Waals surface area contributed by atoms with Gasteiger partial charge in [-0.05, 0) is 56.0 Å². The number of rotatable bonds is 9. The second-order valence-corrected chi connectivity index (χ2v) is 6.45. The minimum Gasteiger partial charge on any atom is -0.493 e. The summed E-state index contributed by atoms with van der Waals surface area (Å²) in [6.45, 7) is 7.61. The Hall–Kier alpha value is -3.02. The van der Waals surface area contributed by atoms with Crippen LogP contribution in [0.3, 0.4) is 0 Å². The molecule has 6 heteroatoms. The molecule has 0 spiro atoms. The van der Waals surface area contributed by atoms with E-state index in [4.69, 9.17) is 9.47 Å². The Morgan fingerprint density at radius 1 is 0.964 bits per heavy atom. The molecule has 0 saturated carbocycles. The van der Waals surface area contributed by atoms with Crippen molar-refractivity contribution in [1.82, 2.24) is 10.6 Å². The van der Waals surface area contributed by atoms with Crippen LogP contribution in [0.15, 0.2) is 42.5 Å². The molecule has 0 atom stereocenters. The van der Waals surface area contributed by atoms with Crippen molar-refractivity contribution in [3.63, 3.8) is 0 Å². The fourth-order valence-electron chi connectivity index (χ4n) is 2.69. The monoisotopic (exact) mass is 384 g/mol. The molecular weight excluding hydrogens is 356 g/mol. The smallest absolute Gasteiger partial charge is 0.338 e. The first kappa shape index (κ1) is 21.3. The van der Waals surface area contributed by atoms with E-state index in [2.05, 4.69) is 10.6 Å². The Bertz CT molecular complexity index is 767. The number of urea groups is 1. The summed E-state index contributed by atoms with van der Waals surface area (Å²) in [4.78, 5) is 23.5. The highest BCUT2D eigenvalue weighted by atomic mass is 16.5. The summed E-state index contributed by atoms with van der Waals surface area (Å²) in [6.07, 6.45) is 0.718. The maximum absolute atomic E-state index is 11.9. The zero-order valence-corrected chi connectivity index (χ0v) is 16.7. The van der Waals surface area contributed by atoms with E-state index in [1.54, 1.807) is 31.2 Å². The van der Waals surface area contributed by atoms with Gasteiger partial charge in [0.2, 0.25) is 0 Å². The summed E-state index contributed by atoms with van der Waals surface area (Å²) in [6, 6.07) is 12.8. The number of para-hydroxylation sites is 1. The average Bonchev–Trinajstić information content (AvgIpc) is 2.68. The molecule has 6 nitrogen and oxygen atoms in total. The Morgan fingerprint density at radius 3 is 2.29 bits per heavy atom. The third kappa shape index (κ3) is 6.61. The lowest BCUT2D eigenvalue weighted by Gasteiger charge is -2.12. The van der Waals surface area contributed by atoms with E-state index in [9.17, 15) is 9.59 Å². The Kier molecular flexibility index (Phi) is 8.34. The van der Waals surface area contributed by atoms with Crippen molar-refractivity contribution in [3.05, 3.63) is 64.7 Å². The van der Waals surface area contributed by atoms with Crippen LogP contribution < -0.4 is 15.4 Å². The van der Waals surface area contributed by atoms with Crippen molar-refractivity contribution >= 4 is 12.0 Å². The van der Waals surface area contributed by atoms with Crippen LogP contribution in [0.5, 0.6) is 5.75 Å². The highest BCUT2D eigenvalue weighted by molar-refractivity contribution is 5.89. The van der Waals surface area contributed by atoms with Crippen LogP contribution in [0.4, 0.5) is 4.79 Å². The number of amides is 2. The molecule has 2 amide bonds. The van der Waals surface area contributed by atoms with Crippen LogP contribution in [0.2, 0.25) is 0 Å². The molecule has 2 N–H and O–H groups in total. The van der Waals surface area contributed by atoms with Gasteiger partial charge in [-0.3, -0.25) is 0 Å². The number of aryl methyl sites for hydroxylation is 2. The summed E-state index contributed by atoms with van der Waals surface area (Å²) in [5, 5.41) is 5.60. The van der Waals surface area contributed by atoms with Crippen molar-refractivity contribution in [1.29, 1.82) is 0 Å². The maximum Gasteiger partial charge on any atom is 0.338 e. The summed E-state index contributed by atoms with van der Waals surface area (Å²) in [7, 11) is 0. The molecule has 0 radical (unpaired) electrons. The first-order chi connectivity index (χ1) is 13.5. The minimum absolute atomic E-state index is 0.235. The van der Waals surface area contributed by atoms with Gasteiger partial charge in [-0.25, -0.2) is 9.59 Å². The van der Waals surface area contributed by atoms with E-state index in [-0.39, 0.29) is 12.0 Å². The first-order valence-corrected chi connectivity index (χ1v) is 9.48. The first-order valence-electron chi connectivity index (χ1n) is 9.48. The quantitative estimate of drug-likeness (QED) is 0.510. The molecule has 0 saturated heterocycles. The molecule has 0 aliphatic heterocycles. The van der Waals surface area contributed by atoms with E-state index in [0.717, 1.165) is 28.9 Å². The van der Waals surface area contributed by atoms with Crippen LogP contribution >= 0.6 is 0 Å². The molecule has 2 aromatic rings. The number of carbonyl (C=O) groups is 2. The molecule has 0 aliphatic carbocycles. The number of nitrogens with one attached hydrogen (secondary N) is 2. The molecule has 150 valence electrons. The fourth-order valence-corrected chi connectivity index (χ4v) is 2.69. The van der Waals surface area contributed by atoms with Gasteiger partial charge >= 0.3 is 12.0 Å². The summed E-state index contributed by atoms with van der Waals surface area (Å²) >= 11 is 0. The second kappa shape index (κ2) is 11.0. The topological polar surface area (TPSA) is 76.7 Å². The Labute approximate surface area is 166 Å². The predicted octanol–water partition coefficient (Wildman–Crippen LogP) is 3.75. The summed E-state index contributed by atoms with van der Waals surface area (Å²) in [5.74, 6) is 0.570. The van der Waals surface area contributed by atoms with Gasteiger partial charge in [-0.15, -0.1) is 0 Å². The molecule has 2 rings (SSSR count). The van der Waals surface area contributed by atoms with Crippen molar-refractivity contribution in [2.24, 2.45) is 0 Å². The van der Waals surface area contributed by atoms with E-state index in [0.29, 0.717) is 31.9 Å². The van der Waals surface area contributed by atoms with Gasteiger partial charge in [0.25, 0.3) is 0 Å². The van der Waals surface area contributed by atoms with Crippen molar-refractivity contribution in [2.45, 2.75) is 33.7 Å². The number of esters is 1. The molecule has 2 aromatic carbocycles. The minimum atomic E-state index is -0.345. The molecule has 0 aromatic heterocycles. The number of carbonyl (C=O) groups excluding carboxylic acids is 2. The number of hydrogen-bond donors (Lipinski definition) is 2. The van der Waals surface area contributed by atoms with Gasteiger partial charge in [0.15, 0.2) is 0 Å². The van der Waals surface area contributed by atoms with E-state index in [1.165, 1.54) is 0 Å². The number of benzene rings is 2. The van der Waals surface area contributed by atoms with Crippen molar-refractivity contribution < 1.29 is 19.1 Å². The lowest BCUT2D eigenvalue weighted by molar-refractivity contribution is 0.0526. The molecule has 0 bridgehead atoms. The van der Waals surface area contributed by atoms with Crippen LogP contribution in [-0.2, 0) is 11.3 Å². The van der Waals surface area contributed by atoms with Crippen LogP contribution in [0, 0.1) is 13.8 Å². The lowest BCUT2D eigenvalue weighted by atomic mass is 10.1. The average molecular weight is 384 g/mol. The Morgan fingerprint density at radius 2 is 1.64 bits per heavy atom. The van der Waals surface area contributed by atoms with Gasteiger partial charge in [-0.1, -0.05) is 30.3 Å². The highest BCUT2D eigenvalue weighted by Gasteiger charge is 2.06. The second-order valence-electron chi connectivity index (χ2n) is 6.45. The number of hydrogen-bond acceptors (Lipinski definition) is 4. The summed E-state index contributed by atoms with van der Waals surface area (Å²) < 4.78 is 10.8. The predicted molar refractivity (Wildman–Crippen MR) is 109 cm³/mol. The van der Waals surface area contributed by atoms with E-state index >= 15 is 0 Å². The van der Waals surface area contributed by atoms with Gasteiger partial charge in [0, 0.05) is 13.1 Å². The van der Waals surface area contributed by atoms with E-state index in [1.807, 2.05) is 32.0 Å². The van der Waals surface area contributed by atoms with Crippen LogP contribution in [-0.4, -0.2) is 31.8 Å². The standard InChI is InChI=1S/C22H28N2O4/c1-4-27-21(25)19-11-9-18(10-12-19)15-24-22(26)23-13-6-14-28-20-16(2)7-5-8-17(20)3/h5,7-12H,4,6,13-15H2,1-3H3,(H2,23,24,26). The summed E-state index contributed by atoms with van der Waals surface area (Å²) in [5.41, 5.74) is 3.62. The van der Waals surface area contributed by atoms with Crippen LogP contribution in [0.1, 0.15) is 40.4 Å². The SMILES string of the molecule is CCOC(=O)c1ccc(CNC(=O)NCCCOc2c(C)cccc2C)cc1. The molecule has 0 fully saturated rings. The largest absolute Gasteiger partial charge is 0.493 e. The van der Waals surface area contributed by atoms with Crippen LogP contribution in [0.25, 0.3) is 0 Å². The zero-order valence-electron chi connectivity index (χ0n) is 16.7. The highest BCUT2D eigenvalue weighted by Crippen LogP contribution is 2.22. The molecule has 0 aliphatic rings. The van der Waals surface area contributed by atoms with Gasteiger partial charge in [0.1, 0.15) is 5.75 Å². The van der Waals surface area contributed by atoms with Gasteiger partial charge < -0.3 is 20.1 Å². The number of ether oxygens (including phenoxy) is 2.